The molecule has 2 nitrogen and oxygen atoms in total. The van der Waals surface area contributed by atoms with Crippen LogP contribution in [0.3, 0.4) is 0 Å². The standard InChI is InChI=1S/C19H23NO/c1-2-17(20)16-11-5-6-12-19(16)21-18-13-7-9-14-8-3-4-10-15(14)18/h3-6,8,10-12,17-18H,2,7,9,13,20H2,1H3/t17-,18?/m1/s1. The van der Waals surface area contributed by atoms with Gasteiger partial charge in [-0.05, 0) is 42.9 Å². The third kappa shape index (κ3) is 2.96. The highest BCUT2D eigenvalue weighted by Gasteiger charge is 2.22. The van der Waals surface area contributed by atoms with Crippen LogP contribution in [0.4, 0.5) is 0 Å². The van der Waals surface area contributed by atoms with Crippen LogP contribution in [0, 0.1) is 0 Å². The van der Waals surface area contributed by atoms with Crippen LogP contribution in [0.2, 0.25) is 0 Å². The van der Waals surface area contributed by atoms with Gasteiger partial charge in [-0.3, -0.25) is 0 Å². The van der Waals surface area contributed by atoms with E-state index in [2.05, 4.69) is 37.3 Å². The summed E-state index contributed by atoms with van der Waals surface area (Å²) in [5, 5.41) is 0. The van der Waals surface area contributed by atoms with E-state index in [1.54, 1.807) is 0 Å². The first-order valence-electron chi connectivity index (χ1n) is 7.88. The molecule has 2 heteroatoms. The second kappa shape index (κ2) is 6.31. The fourth-order valence-corrected chi connectivity index (χ4v) is 3.10. The topological polar surface area (TPSA) is 35.2 Å². The first kappa shape index (κ1) is 14.2. The first-order chi connectivity index (χ1) is 10.3. The maximum absolute atomic E-state index is 6.36. The summed E-state index contributed by atoms with van der Waals surface area (Å²) in [4.78, 5) is 0. The van der Waals surface area contributed by atoms with E-state index in [1.807, 2.05) is 18.2 Å². The van der Waals surface area contributed by atoms with E-state index in [1.165, 1.54) is 17.5 Å². The van der Waals surface area contributed by atoms with Crippen molar-refractivity contribution < 1.29 is 4.74 Å². The summed E-state index contributed by atoms with van der Waals surface area (Å²) in [5.41, 5.74) is 10.1. The van der Waals surface area contributed by atoms with Gasteiger partial charge in [0, 0.05) is 11.6 Å². The third-order valence-electron chi connectivity index (χ3n) is 4.34. The van der Waals surface area contributed by atoms with Crippen LogP contribution in [0.15, 0.2) is 48.5 Å². The largest absolute Gasteiger partial charge is 0.485 e. The van der Waals surface area contributed by atoms with Crippen LogP contribution in [-0.2, 0) is 6.42 Å². The van der Waals surface area contributed by atoms with Gasteiger partial charge in [-0.1, -0.05) is 49.4 Å². The number of fused-ring (bicyclic) bond motifs is 1. The van der Waals surface area contributed by atoms with Crippen LogP contribution < -0.4 is 10.5 Å². The Balaban J connectivity index is 1.88. The van der Waals surface area contributed by atoms with Crippen molar-refractivity contribution in [3.63, 3.8) is 0 Å². The molecule has 1 aliphatic carbocycles. The van der Waals surface area contributed by atoms with E-state index in [-0.39, 0.29) is 12.1 Å². The molecular formula is C19H23NO. The molecule has 1 aliphatic rings. The highest BCUT2D eigenvalue weighted by Crippen LogP contribution is 2.36. The molecule has 21 heavy (non-hydrogen) atoms. The summed E-state index contributed by atoms with van der Waals surface area (Å²) < 4.78 is 6.36. The average molecular weight is 281 g/mol. The van der Waals surface area contributed by atoms with Gasteiger partial charge >= 0.3 is 0 Å². The summed E-state index contributed by atoms with van der Waals surface area (Å²) in [6, 6.07) is 16.9. The highest BCUT2D eigenvalue weighted by molar-refractivity contribution is 5.38. The normalized spacial score (nSPS) is 18.9. The minimum atomic E-state index is 0.0417. The van der Waals surface area contributed by atoms with Gasteiger partial charge in [0.05, 0.1) is 0 Å². The summed E-state index contributed by atoms with van der Waals surface area (Å²) in [6.45, 7) is 2.11. The molecule has 1 unspecified atom stereocenters. The van der Waals surface area contributed by atoms with E-state index in [4.69, 9.17) is 10.5 Å². The molecular weight excluding hydrogens is 258 g/mol. The van der Waals surface area contributed by atoms with Crippen LogP contribution in [0.1, 0.15) is 55.0 Å². The van der Waals surface area contributed by atoms with Gasteiger partial charge < -0.3 is 10.5 Å². The van der Waals surface area contributed by atoms with Crippen LogP contribution in [0.25, 0.3) is 0 Å². The lowest BCUT2D eigenvalue weighted by Crippen LogP contribution is -2.17. The molecule has 2 aromatic carbocycles. The highest BCUT2D eigenvalue weighted by atomic mass is 16.5. The number of rotatable bonds is 4. The maximum atomic E-state index is 6.36. The molecule has 0 amide bonds. The zero-order chi connectivity index (χ0) is 14.7. The van der Waals surface area contributed by atoms with Crippen molar-refractivity contribution >= 4 is 0 Å². The van der Waals surface area contributed by atoms with Crippen LogP contribution in [-0.4, -0.2) is 0 Å². The Labute approximate surface area is 126 Å². The molecule has 0 aliphatic heterocycles. The number of ether oxygens (including phenoxy) is 1. The van der Waals surface area contributed by atoms with Gasteiger partial charge in [-0.2, -0.15) is 0 Å². The minimum absolute atomic E-state index is 0.0417. The second-order valence-corrected chi connectivity index (χ2v) is 5.75. The zero-order valence-corrected chi connectivity index (χ0v) is 12.6. The van der Waals surface area contributed by atoms with Crippen LogP contribution >= 0.6 is 0 Å². The van der Waals surface area contributed by atoms with E-state index < -0.39 is 0 Å². The van der Waals surface area contributed by atoms with Gasteiger partial charge in [0.15, 0.2) is 0 Å². The SMILES string of the molecule is CC[C@@H](N)c1ccccc1OC1CCCc2ccccc21. The maximum Gasteiger partial charge on any atom is 0.125 e. The van der Waals surface area contributed by atoms with E-state index in [9.17, 15) is 0 Å². The molecule has 110 valence electrons. The summed E-state index contributed by atoms with van der Waals surface area (Å²) >= 11 is 0. The predicted molar refractivity (Wildman–Crippen MR) is 86.4 cm³/mol. The van der Waals surface area contributed by atoms with Crippen molar-refractivity contribution in [3.8, 4) is 5.75 Å². The van der Waals surface area contributed by atoms with E-state index in [0.717, 1.165) is 30.6 Å². The zero-order valence-electron chi connectivity index (χ0n) is 12.6. The molecule has 3 rings (SSSR count). The molecule has 0 aromatic heterocycles. The number of aryl methyl sites for hydroxylation is 1. The monoisotopic (exact) mass is 281 g/mol. The molecule has 2 atom stereocenters. The molecule has 0 bridgehead atoms. The van der Waals surface area contributed by atoms with Crippen molar-refractivity contribution in [3.05, 3.63) is 65.2 Å². The minimum Gasteiger partial charge on any atom is -0.485 e. The number of hydrogen-bond acceptors (Lipinski definition) is 2. The molecule has 2 N–H and O–H groups in total. The number of benzene rings is 2. The third-order valence-corrected chi connectivity index (χ3v) is 4.34. The van der Waals surface area contributed by atoms with E-state index >= 15 is 0 Å². The molecule has 0 heterocycles. The smallest absolute Gasteiger partial charge is 0.125 e. The molecule has 0 saturated carbocycles. The first-order valence-corrected chi connectivity index (χ1v) is 7.88. The Morgan fingerprint density at radius 1 is 1.14 bits per heavy atom. The Morgan fingerprint density at radius 2 is 1.90 bits per heavy atom. The lowest BCUT2D eigenvalue weighted by atomic mass is 9.89. The van der Waals surface area contributed by atoms with Gasteiger partial charge in [-0.25, -0.2) is 0 Å². The van der Waals surface area contributed by atoms with Crippen molar-refractivity contribution in [1.29, 1.82) is 0 Å². The summed E-state index contributed by atoms with van der Waals surface area (Å²) in [6.07, 6.45) is 4.49. The quantitative estimate of drug-likeness (QED) is 0.892. The fourth-order valence-electron chi connectivity index (χ4n) is 3.10. The van der Waals surface area contributed by atoms with Crippen molar-refractivity contribution in [2.45, 2.75) is 44.8 Å². The summed E-state index contributed by atoms with van der Waals surface area (Å²) in [7, 11) is 0. The van der Waals surface area contributed by atoms with Gasteiger partial charge in [0.25, 0.3) is 0 Å². The average Bonchev–Trinajstić information content (AvgIpc) is 2.55. The van der Waals surface area contributed by atoms with Gasteiger partial charge in [0.2, 0.25) is 0 Å². The lowest BCUT2D eigenvalue weighted by molar-refractivity contribution is 0.180. The summed E-state index contributed by atoms with van der Waals surface area (Å²) in [5.74, 6) is 0.938. The molecule has 2 aromatic rings. The predicted octanol–water partition coefficient (Wildman–Crippen LogP) is 4.55. The van der Waals surface area contributed by atoms with Crippen molar-refractivity contribution in [2.24, 2.45) is 5.73 Å². The Kier molecular flexibility index (Phi) is 4.26. The number of nitrogens with two attached hydrogens (primary N) is 1. The Bertz CT molecular complexity index is 608. The van der Waals surface area contributed by atoms with Crippen molar-refractivity contribution in [2.75, 3.05) is 0 Å². The van der Waals surface area contributed by atoms with Crippen LogP contribution in [0.5, 0.6) is 5.75 Å². The molecule has 0 spiro atoms. The molecule has 0 saturated heterocycles. The molecule has 0 radical (unpaired) electrons. The second-order valence-electron chi connectivity index (χ2n) is 5.75. The number of hydrogen-bond donors (Lipinski definition) is 1. The van der Waals surface area contributed by atoms with Crippen molar-refractivity contribution in [1.82, 2.24) is 0 Å². The Hall–Kier alpha value is -1.80. The van der Waals surface area contributed by atoms with Gasteiger partial charge in [-0.15, -0.1) is 0 Å². The lowest BCUT2D eigenvalue weighted by Gasteiger charge is -2.28. The number of para-hydroxylation sites is 1. The molecule has 0 fully saturated rings. The van der Waals surface area contributed by atoms with E-state index in [0.29, 0.717) is 0 Å². The fraction of sp³-hybridized carbons (Fsp3) is 0.368. The Morgan fingerprint density at radius 3 is 2.76 bits per heavy atom. The van der Waals surface area contributed by atoms with Gasteiger partial charge in [0.1, 0.15) is 11.9 Å².